The monoisotopic (exact) mass is 445 g/mol. The molecule has 2 unspecified atom stereocenters. The van der Waals surface area contributed by atoms with Crippen LogP contribution in [0.25, 0.3) is 11.3 Å². The van der Waals surface area contributed by atoms with Crippen LogP contribution < -0.4 is 4.74 Å². The van der Waals surface area contributed by atoms with Crippen LogP contribution in [0.5, 0.6) is 5.75 Å². The highest BCUT2D eigenvalue weighted by Gasteiger charge is 2.43. The van der Waals surface area contributed by atoms with E-state index in [1.807, 2.05) is 17.0 Å². The highest BCUT2D eigenvalue weighted by atomic mass is 16.5. The van der Waals surface area contributed by atoms with Crippen LogP contribution in [0.2, 0.25) is 0 Å². The molecule has 1 fully saturated rings. The van der Waals surface area contributed by atoms with Crippen LogP contribution in [-0.2, 0) is 4.74 Å². The molecular weight excluding hydrogens is 414 g/mol. The van der Waals surface area contributed by atoms with E-state index in [1.54, 1.807) is 0 Å². The van der Waals surface area contributed by atoms with Gasteiger partial charge in [0.1, 0.15) is 11.4 Å². The summed E-state index contributed by atoms with van der Waals surface area (Å²) in [7, 11) is 0. The number of aromatic nitrogens is 2. The first-order chi connectivity index (χ1) is 16.2. The number of fused-ring (bicyclic) bond motifs is 1. The van der Waals surface area contributed by atoms with Crippen LogP contribution in [0, 0.1) is 6.92 Å². The third-order valence-electron chi connectivity index (χ3n) is 6.58. The number of nitrogens with zero attached hydrogens (tertiary/aromatic N) is 2. The van der Waals surface area contributed by atoms with Crippen molar-refractivity contribution in [3.05, 3.63) is 70.9 Å². The van der Waals surface area contributed by atoms with Gasteiger partial charge in [0.2, 0.25) is 0 Å². The summed E-state index contributed by atoms with van der Waals surface area (Å²) in [6.07, 6.45) is 4.24. The summed E-state index contributed by atoms with van der Waals surface area (Å²) >= 11 is 0. The molecule has 1 N–H and O–H groups in total. The SMILES string of the molecule is CCCCOc1ccc(C2c3c(-c4ccc(C)cc4)n[nH]c3C(=O)N2CC2CCCO2)cc1. The number of carbonyl (C=O) groups is 1. The third kappa shape index (κ3) is 4.27. The van der Waals surface area contributed by atoms with Crippen molar-refractivity contribution >= 4 is 5.91 Å². The van der Waals surface area contributed by atoms with Crippen LogP contribution in [0.3, 0.4) is 0 Å². The molecule has 33 heavy (non-hydrogen) atoms. The summed E-state index contributed by atoms with van der Waals surface area (Å²) in [5.74, 6) is 0.841. The van der Waals surface area contributed by atoms with Crippen molar-refractivity contribution < 1.29 is 14.3 Å². The molecule has 1 amide bonds. The Morgan fingerprint density at radius 2 is 1.94 bits per heavy atom. The summed E-state index contributed by atoms with van der Waals surface area (Å²) in [5.41, 5.74) is 5.61. The quantitative estimate of drug-likeness (QED) is 0.479. The lowest BCUT2D eigenvalue weighted by Gasteiger charge is -2.28. The largest absolute Gasteiger partial charge is 0.494 e. The van der Waals surface area contributed by atoms with Gasteiger partial charge in [0.15, 0.2) is 0 Å². The molecule has 6 heteroatoms. The number of benzene rings is 2. The second-order valence-electron chi connectivity index (χ2n) is 8.99. The second-order valence-corrected chi connectivity index (χ2v) is 8.99. The van der Waals surface area contributed by atoms with Crippen molar-refractivity contribution in [2.45, 2.75) is 51.7 Å². The zero-order valence-corrected chi connectivity index (χ0v) is 19.3. The van der Waals surface area contributed by atoms with Crippen LogP contribution >= 0.6 is 0 Å². The van der Waals surface area contributed by atoms with E-state index in [0.29, 0.717) is 18.8 Å². The average Bonchev–Trinajstić information content (AvgIpc) is 3.55. The van der Waals surface area contributed by atoms with Gasteiger partial charge in [-0.1, -0.05) is 55.3 Å². The predicted octanol–water partition coefficient (Wildman–Crippen LogP) is 5.29. The van der Waals surface area contributed by atoms with Crippen molar-refractivity contribution in [2.24, 2.45) is 0 Å². The molecule has 1 saturated heterocycles. The van der Waals surface area contributed by atoms with Gasteiger partial charge in [0, 0.05) is 24.3 Å². The predicted molar refractivity (Wildman–Crippen MR) is 127 cm³/mol. The van der Waals surface area contributed by atoms with E-state index in [2.05, 4.69) is 60.4 Å². The Morgan fingerprint density at radius 1 is 1.15 bits per heavy atom. The number of unbranched alkanes of at least 4 members (excludes halogenated alkanes) is 1. The second kappa shape index (κ2) is 9.40. The summed E-state index contributed by atoms with van der Waals surface area (Å²) in [6, 6.07) is 16.2. The number of hydrogen-bond acceptors (Lipinski definition) is 4. The number of hydrogen-bond donors (Lipinski definition) is 1. The Bertz CT molecular complexity index is 1100. The number of carbonyl (C=O) groups excluding carboxylic acids is 1. The zero-order valence-electron chi connectivity index (χ0n) is 19.3. The van der Waals surface area contributed by atoms with Gasteiger partial charge in [-0.15, -0.1) is 0 Å². The molecule has 3 aromatic rings. The molecule has 0 saturated carbocycles. The lowest BCUT2D eigenvalue weighted by atomic mass is 9.95. The number of H-pyrrole nitrogens is 1. The Hall–Kier alpha value is -3.12. The lowest BCUT2D eigenvalue weighted by molar-refractivity contribution is 0.0495. The molecule has 0 radical (unpaired) electrons. The number of rotatable bonds is 8. The smallest absolute Gasteiger partial charge is 0.273 e. The summed E-state index contributed by atoms with van der Waals surface area (Å²) < 4.78 is 11.7. The number of aromatic amines is 1. The molecular formula is C27H31N3O3. The Morgan fingerprint density at radius 3 is 2.64 bits per heavy atom. The Balaban J connectivity index is 1.52. The molecule has 5 rings (SSSR count). The fraction of sp³-hybridized carbons (Fsp3) is 0.407. The molecule has 2 aromatic carbocycles. The highest BCUT2D eigenvalue weighted by Crippen LogP contribution is 2.43. The van der Waals surface area contributed by atoms with Gasteiger partial charge in [-0.25, -0.2) is 0 Å². The Kier molecular flexibility index (Phi) is 6.18. The zero-order chi connectivity index (χ0) is 22.8. The molecule has 0 bridgehead atoms. The average molecular weight is 446 g/mol. The number of ether oxygens (including phenoxy) is 2. The van der Waals surface area contributed by atoms with E-state index in [0.717, 1.165) is 60.4 Å². The van der Waals surface area contributed by atoms with Crippen molar-refractivity contribution in [1.29, 1.82) is 0 Å². The molecule has 172 valence electrons. The van der Waals surface area contributed by atoms with E-state index in [9.17, 15) is 4.79 Å². The molecule has 2 aliphatic rings. The van der Waals surface area contributed by atoms with Gasteiger partial charge in [-0.05, 0) is 43.9 Å². The van der Waals surface area contributed by atoms with Gasteiger partial charge >= 0.3 is 0 Å². The first kappa shape index (κ1) is 21.7. The molecule has 6 nitrogen and oxygen atoms in total. The van der Waals surface area contributed by atoms with Gasteiger partial charge in [-0.2, -0.15) is 5.10 Å². The van der Waals surface area contributed by atoms with Gasteiger partial charge in [0.05, 0.1) is 24.4 Å². The third-order valence-corrected chi connectivity index (χ3v) is 6.58. The maximum atomic E-state index is 13.5. The molecule has 0 aliphatic carbocycles. The van der Waals surface area contributed by atoms with Gasteiger partial charge < -0.3 is 14.4 Å². The summed E-state index contributed by atoms with van der Waals surface area (Å²) in [6.45, 7) is 6.28. The minimum atomic E-state index is -0.212. The molecule has 3 heterocycles. The first-order valence-corrected chi connectivity index (χ1v) is 12.0. The van der Waals surface area contributed by atoms with E-state index < -0.39 is 0 Å². The van der Waals surface area contributed by atoms with Gasteiger partial charge in [-0.3, -0.25) is 9.89 Å². The number of nitrogens with one attached hydrogen (secondary N) is 1. The maximum absolute atomic E-state index is 13.5. The normalized spacial score (nSPS) is 19.8. The van der Waals surface area contributed by atoms with E-state index >= 15 is 0 Å². The van der Waals surface area contributed by atoms with Crippen LogP contribution in [0.1, 0.15) is 65.8 Å². The van der Waals surface area contributed by atoms with Gasteiger partial charge in [0.25, 0.3) is 5.91 Å². The lowest BCUT2D eigenvalue weighted by Crippen LogP contribution is -2.36. The minimum absolute atomic E-state index is 0.0142. The summed E-state index contributed by atoms with van der Waals surface area (Å²) in [5, 5.41) is 7.61. The van der Waals surface area contributed by atoms with Crippen LogP contribution in [0.15, 0.2) is 48.5 Å². The molecule has 2 aliphatic heterocycles. The highest BCUT2D eigenvalue weighted by molar-refractivity contribution is 6.00. The summed E-state index contributed by atoms with van der Waals surface area (Å²) in [4.78, 5) is 15.4. The van der Waals surface area contributed by atoms with E-state index in [4.69, 9.17) is 9.47 Å². The van der Waals surface area contributed by atoms with Crippen molar-refractivity contribution in [3.8, 4) is 17.0 Å². The van der Waals surface area contributed by atoms with Crippen molar-refractivity contribution in [3.63, 3.8) is 0 Å². The molecule has 0 spiro atoms. The van der Waals surface area contributed by atoms with Crippen LogP contribution in [-0.4, -0.2) is 46.9 Å². The van der Waals surface area contributed by atoms with Crippen LogP contribution in [0.4, 0.5) is 0 Å². The van der Waals surface area contributed by atoms with E-state index in [1.165, 1.54) is 5.56 Å². The number of amides is 1. The Labute approximate surface area is 194 Å². The van der Waals surface area contributed by atoms with Crippen molar-refractivity contribution in [1.82, 2.24) is 15.1 Å². The molecule has 2 atom stereocenters. The van der Waals surface area contributed by atoms with Crippen molar-refractivity contribution in [2.75, 3.05) is 19.8 Å². The topological polar surface area (TPSA) is 67.5 Å². The fourth-order valence-electron chi connectivity index (χ4n) is 4.75. The number of aryl methyl sites for hydroxylation is 1. The minimum Gasteiger partial charge on any atom is -0.494 e. The maximum Gasteiger partial charge on any atom is 0.273 e. The molecule has 1 aromatic heterocycles. The fourth-order valence-corrected chi connectivity index (χ4v) is 4.75. The van der Waals surface area contributed by atoms with E-state index in [-0.39, 0.29) is 18.1 Å². The first-order valence-electron chi connectivity index (χ1n) is 12.0. The standard InChI is InChI=1S/C27H31N3O3/c1-3-4-15-32-21-13-11-20(12-14-21)26-23-24(19-9-7-18(2)8-10-19)28-29-25(23)27(31)30(26)17-22-6-5-16-33-22/h7-14,22,26H,3-6,15-17H2,1-2H3,(H,28,29).